The van der Waals surface area contributed by atoms with Crippen molar-refractivity contribution in [3.05, 3.63) is 0 Å². The molecule has 0 aromatic carbocycles. The SMILES string of the molecule is COC(=O)OCCC1CCCNC1. The summed E-state index contributed by atoms with van der Waals surface area (Å²) in [5.41, 5.74) is 0. The molecule has 4 heteroatoms. The Balaban J connectivity index is 2.01. The van der Waals surface area contributed by atoms with Gasteiger partial charge in [-0.1, -0.05) is 0 Å². The molecule has 1 aliphatic rings. The van der Waals surface area contributed by atoms with Crippen LogP contribution in [-0.4, -0.2) is 33.0 Å². The van der Waals surface area contributed by atoms with Gasteiger partial charge in [0.1, 0.15) is 0 Å². The van der Waals surface area contributed by atoms with Crippen molar-refractivity contribution >= 4 is 6.16 Å². The normalized spacial score (nSPS) is 22.4. The van der Waals surface area contributed by atoms with E-state index in [-0.39, 0.29) is 0 Å². The molecule has 1 saturated heterocycles. The highest BCUT2D eigenvalue weighted by Crippen LogP contribution is 2.13. The maximum Gasteiger partial charge on any atom is 0.507 e. The smallest absolute Gasteiger partial charge is 0.438 e. The van der Waals surface area contributed by atoms with Crippen molar-refractivity contribution in [2.45, 2.75) is 19.3 Å². The summed E-state index contributed by atoms with van der Waals surface area (Å²) in [4.78, 5) is 10.6. The first-order valence-corrected chi connectivity index (χ1v) is 4.74. The van der Waals surface area contributed by atoms with Crippen molar-refractivity contribution in [3.63, 3.8) is 0 Å². The number of rotatable bonds is 3. The number of nitrogens with one attached hydrogen (secondary N) is 1. The second kappa shape index (κ2) is 5.80. The lowest BCUT2D eigenvalue weighted by atomic mass is 9.97. The molecule has 0 bridgehead atoms. The Morgan fingerprint density at radius 3 is 3.08 bits per heavy atom. The van der Waals surface area contributed by atoms with Gasteiger partial charge in [-0.2, -0.15) is 0 Å². The van der Waals surface area contributed by atoms with E-state index >= 15 is 0 Å². The lowest BCUT2D eigenvalue weighted by molar-refractivity contribution is 0.0671. The Hall–Kier alpha value is -0.770. The zero-order valence-corrected chi connectivity index (χ0v) is 8.04. The fraction of sp³-hybridized carbons (Fsp3) is 0.889. The number of hydrogen-bond acceptors (Lipinski definition) is 4. The highest BCUT2D eigenvalue weighted by molar-refractivity contribution is 5.59. The molecule has 0 amide bonds. The Morgan fingerprint density at radius 1 is 1.62 bits per heavy atom. The first-order chi connectivity index (χ1) is 6.33. The number of methoxy groups -OCH3 is 1. The van der Waals surface area contributed by atoms with Crippen molar-refractivity contribution in [3.8, 4) is 0 Å². The van der Waals surface area contributed by atoms with Gasteiger partial charge in [0.25, 0.3) is 0 Å². The van der Waals surface area contributed by atoms with Crippen LogP contribution in [0.1, 0.15) is 19.3 Å². The van der Waals surface area contributed by atoms with Crippen molar-refractivity contribution in [2.24, 2.45) is 5.92 Å². The molecule has 0 spiro atoms. The number of carbonyl (C=O) groups is 1. The molecule has 0 saturated carbocycles. The van der Waals surface area contributed by atoms with Crippen LogP contribution in [0.5, 0.6) is 0 Å². The summed E-state index contributed by atoms with van der Waals surface area (Å²) in [7, 11) is 1.32. The number of carbonyl (C=O) groups excluding carboxylic acids is 1. The predicted octanol–water partition coefficient (Wildman–Crippen LogP) is 1.16. The Morgan fingerprint density at radius 2 is 2.46 bits per heavy atom. The lowest BCUT2D eigenvalue weighted by Gasteiger charge is -2.22. The summed E-state index contributed by atoms with van der Waals surface area (Å²) in [6.07, 6.45) is 2.81. The molecule has 0 aromatic heterocycles. The van der Waals surface area contributed by atoms with E-state index in [0.717, 1.165) is 19.5 Å². The molecule has 0 aromatic rings. The van der Waals surface area contributed by atoms with Crippen molar-refractivity contribution in [2.75, 3.05) is 26.8 Å². The minimum absolute atomic E-state index is 0.471. The molecule has 0 radical (unpaired) electrons. The highest BCUT2D eigenvalue weighted by atomic mass is 16.7. The molecule has 1 aliphatic heterocycles. The first-order valence-electron chi connectivity index (χ1n) is 4.74. The Labute approximate surface area is 78.6 Å². The van der Waals surface area contributed by atoms with Gasteiger partial charge in [-0.15, -0.1) is 0 Å². The van der Waals surface area contributed by atoms with Gasteiger partial charge in [0.2, 0.25) is 0 Å². The number of hydrogen-bond donors (Lipinski definition) is 1. The van der Waals surface area contributed by atoms with Gasteiger partial charge in [-0.05, 0) is 38.3 Å². The van der Waals surface area contributed by atoms with Crippen LogP contribution in [0.4, 0.5) is 4.79 Å². The quantitative estimate of drug-likeness (QED) is 0.673. The topological polar surface area (TPSA) is 47.6 Å². The van der Waals surface area contributed by atoms with Crippen LogP contribution >= 0.6 is 0 Å². The second-order valence-corrected chi connectivity index (χ2v) is 3.30. The standard InChI is InChI=1S/C9H17NO3/c1-12-9(11)13-6-4-8-3-2-5-10-7-8/h8,10H,2-7H2,1H3. The molecule has 1 fully saturated rings. The monoisotopic (exact) mass is 187 g/mol. The summed E-state index contributed by atoms with van der Waals surface area (Å²) >= 11 is 0. The molecule has 1 heterocycles. The van der Waals surface area contributed by atoms with E-state index in [4.69, 9.17) is 4.74 Å². The maximum atomic E-state index is 10.6. The molecule has 1 atom stereocenters. The third kappa shape index (κ3) is 4.12. The van der Waals surface area contributed by atoms with Gasteiger partial charge in [0, 0.05) is 0 Å². The first kappa shape index (κ1) is 10.3. The van der Waals surface area contributed by atoms with Crippen LogP contribution in [-0.2, 0) is 9.47 Å². The summed E-state index contributed by atoms with van der Waals surface area (Å²) in [5.74, 6) is 0.651. The minimum Gasteiger partial charge on any atom is -0.438 e. The van der Waals surface area contributed by atoms with Crippen LogP contribution in [0.2, 0.25) is 0 Å². The van der Waals surface area contributed by atoms with Gasteiger partial charge in [0.15, 0.2) is 0 Å². The van der Waals surface area contributed by atoms with Crippen LogP contribution in [0.25, 0.3) is 0 Å². The maximum absolute atomic E-state index is 10.6. The summed E-state index contributed by atoms with van der Waals surface area (Å²) in [5, 5.41) is 3.32. The molecular weight excluding hydrogens is 170 g/mol. The molecule has 0 aliphatic carbocycles. The van der Waals surface area contributed by atoms with Gasteiger partial charge in [-0.25, -0.2) is 4.79 Å². The Bertz CT molecular complexity index is 155. The van der Waals surface area contributed by atoms with Crippen LogP contribution in [0, 0.1) is 5.92 Å². The second-order valence-electron chi connectivity index (χ2n) is 3.30. The fourth-order valence-corrected chi connectivity index (χ4v) is 1.54. The van der Waals surface area contributed by atoms with E-state index < -0.39 is 6.16 Å². The van der Waals surface area contributed by atoms with E-state index in [2.05, 4.69) is 10.1 Å². The van der Waals surface area contributed by atoms with Crippen LogP contribution < -0.4 is 5.32 Å². The molecule has 1 rings (SSSR count). The Kier molecular flexibility index (Phi) is 4.60. The van der Waals surface area contributed by atoms with E-state index in [0.29, 0.717) is 12.5 Å². The third-order valence-electron chi connectivity index (χ3n) is 2.31. The van der Waals surface area contributed by atoms with Crippen molar-refractivity contribution in [1.29, 1.82) is 0 Å². The summed E-state index contributed by atoms with van der Waals surface area (Å²) in [6, 6.07) is 0. The van der Waals surface area contributed by atoms with Crippen molar-refractivity contribution in [1.82, 2.24) is 5.32 Å². The molecule has 13 heavy (non-hydrogen) atoms. The van der Waals surface area contributed by atoms with Crippen LogP contribution in [0.3, 0.4) is 0 Å². The fourth-order valence-electron chi connectivity index (χ4n) is 1.54. The molecule has 1 N–H and O–H groups in total. The molecule has 1 unspecified atom stereocenters. The average molecular weight is 187 g/mol. The van der Waals surface area contributed by atoms with Crippen LogP contribution in [0.15, 0.2) is 0 Å². The number of ether oxygens (including phenoxy) is 2. The van der Waals surface area contributed by atoms with E-state index in [1.165, 1.54) is 20.0 Å². The van der Waals surface area contributed by atoms with Gasteiger partial charge in [0.05, 0.1) is 13.7 Å². The molecule has 76 valence electrons. The summed E-state index contributed by atoms with van der Waals surface area (Å²) in [6.45, 7) is 2.64. The van der Waals surface area contributed by atoms with Gasteiger partial charge in [-0.3, -0.25) is 0 Å². The van der Waals surface area contributed by atoms with Gasteiger partial charge < -0.3 is 14.8 Å². The van der Waals surface area contributed by atoms with E-state index in [9.17, 15) is 4.79 Å². The predicted molar refractivity (Wildman–Crippen MR) is 48.6 cm³/mol. The van der Waals surface area contributed by atoms with Crippen molar-refractivity contribution < 1.29 is 14.3 Å². The largest absolute Gasteiger partial charge is 0.507 e. The summed E-state index contributed by atoms with van der Waals surface area (Å²) < 4.78 is 9.17. The molecule has 4 nitrogen and oxygen atoms in total. The molecular formula is C9H17NO3. The third-order valence-corrected chi connectivity index (χ3v) is 2.31. The average Bonchev–Trinajstić information content (AvgIpc) is 2.19. The van der Waals surface area contributed by atoms with E-state index in [1.807, 2.05) is 0 Å². The van der Waals surface area contributed by atoms with Gasteiger partial charge >= 0.3 is 6.16 Å². The zero-order valence-electron chi connectivity index (χ0n) is 8.04. The highest BCUT2D eigenvalue weighted by Gasteiger charge is 2.13. The minimum atomic E-state index is -0.580. The lowest BCUT2D eigenvalue weighted by Crippen LogP contribution is -2.30. The number of piperidine rings is 1. The van der Waals surface area contributed by atoms with E-state index in [1.54, 1.807) is 0 Å². The zero-order chi connectivity index (χ0) is 9.52.